The molecule has 1 unspecified atom stereocenters. The summed E-state index contributed by atoms with van der Waals surface area (Å²) >= 11 is 1.64. The van der Waals surface area contributed by atoms with Gasteiger partial charge in [-0.1, -0.05) is 6.07 Å². The van der Waals surface area contributed by atoms with E-state index in [1.807, 2.05) is 32.7 Å². The lowest BCUT2D eigenvalue weighted by molar-refractivity contribution is 0.228. The van der Waals surface area contributed by atoms with Gasteiger partial charge in [-0.3, -0.25) is 0 Å². The predicted molar refractivity (Wildman–Crippen MR) is 116 cm³/mol. The number of halogens is 2. The van der Waals surface area contributed by atoms with Crippen LogP contribution >= 0.6 is 35.3 Å². The Hall–Kier alpha value is -1.42. The number of nitrogens with zero attached hydrogens (tertiary/aromatic N) is 3. The summed E-state index contributed by atoms with van der Waals surface area (Å²) in [5.74, 6) is 1.00. The second-order valence-corrected chi connectivity index (χ2v) is 6.86. The highest BCUT2D eigenvalue weighted by Crippen LogP contribution is 2.14. The molecule has 8 heteroatoms. The van der Waals surface area contributed by atoms with Crippen molar-refractivity contribution in [1.82, 2.24) is 15.2 Å². The van der Waals surface area contributed by atoms with Crippen LogP contribution in [0.4, 0.5) is 4.39 Å². The van der Waals surface area contributed by atoms with Crippen LogP contribution in [0.15, 0.2) is 34.6 Å². The fourth-order valence-corrected chi connectivity index (χ4v) is 2.90. The number of rotatable bonds is 7. The molecular weight excluding hydrogens is 466 g/mol. The highest BCUT2D eigenvalue weighted by molar-refractivity contribution is 14.0. The van der Waals surface area contributed by atoms with Crippen molar-refractivity contribution >= 4 is 41.3 Å². The first kappa shape index (κ1) is 22.6. The monoisotopic (exact) mass is 492 g/mol. The number of hydrogen-bond acceptors (Lipinski definition) is 4. The van der Waals surface area contributed by atoms with Crippen molar-refractivity contribution in [3.05, 3.63) is 46.2 Å². The van der Waals surface area contributed by atoms with Crippen molar-refractivity contribution in [3.63, 3.8) is 0 Å². The number of ether oxygens (including phenoxy) is 1. The van der Waals surface area contributed by atoms with E-state index < -0.39 is 0 Å². The van der Waals surface area contributed by atoms with E-state index >= 15 is 0 Å². The van der Waals surface area contributed by atoms with Gasteiger partial charge in [-0.2, -0.15) is 0 Å². The molecular formula is C18H26FIN4OS. The van der Waals surface area contributed by atoms with Crippen LogP contribution in [-0.4, -0.2) is 42.1 Å². The van der Waals surface area contributed by atoms with Crippen LogP contribution in [0.3, 0.4) is 0 Å². The molecule has 0 saturated heterocycles. The van der Waals surface area contributed by atoms with E-state index in [-0.39, 0.29) is 35.9 Å². The molecule has 0 aliphatic carbocycles. The Bertz CT molecular complexity index is 710. The van der Waals surface area contributed by atoms with Crippen LogP contribution in [0.1, 0.15) is 24.5 Å². The molecule has 0 bridgehead atoms. The van der Waals surface area contributed by atoms with E-state index in [0.29, 0.717) is 18.8 Å². The van der Waals surface area contributed by atoms with Crippen LogP contribution in [0.5, 0.6) is 5.75 Å². The van der Waals surface area contributed by atoms with Crippen LogP contribution in [0.25, 0.3) is 0 Å². The molecule has 1 atom stereocenters. The molecule has 0 amide bonds. The van der Waals surface area contributed by atoms with Crippen LogP contribution < -0.4 is 10.1 Å². The summed E-state index contributed by atoms with van der Waals surface area (Å²) in [6, 6.07) is 6.15. The molecule has 0 aliphatic rings. The van der Waals surface area contributed by atoms with Gasteiger partial charge in [-0.25, -0.2) is 14.4 Å². The Balaban J connectivity index is 0.00000338. The highest BCUT2D eigenvalue weighted by atomic mass is 127. The highest BCUT2D eigenvalue weighted by Gasteiger charge is 2.10. The van der Waals surface area contributed by atoms with Crippen LogP contribution in [-0.2, 0) is 6.54 Å². The molecule has 0 saturated carbocycles. The molecule has 1 heterocycles. The van der Waals surface area contributed by atoms with E-state index in [1.165, 1.54) is 12.1 Å². The molecule has 1 aromatic carbocycles. The van der Waals surface area contributed by atoms with Gasteiger partial charge in [0.05, 0.1) is 23.8 Å². The Morgan fingerprint density at radius 2 is 2.23 bits per heavy atom. The second-order valence-electron chi connectivity index (χ2n) is 5.79. The molecule has 5 nitrogen and oxygen atoms in total. The number of guanidine groups is 1. The second kappa shape index (κ2) is 11.3. The third-order valence-electron chi connectivity index (χ3n) is 3.39. The van der Waals surface area contributed by atoms with Gasteiger partial charge in [-0.15, -0.1) is 35.3 Å². The summed E-state index contributed by atoms with van der Waals surface area (Å²) in [5, 5.41) is 6.39. The number of thiazole rings is 1. The molecule has 0 aliphatic heterocycles. The normalized spacial score (nSPS) is 12.3. The molecule has 1 N–H and O–H groups in total. The van der Waals surface area contributed by atoms with Gasteiger partial charge < -0.3 is 15.0 Å². The zero-order valence-corrected chi connectivity index (χ0v) is 18.7. The van der Waals surface area contributed by atoms with Gasteiger partial charge in [-0.05, 0) is 32.9 Å². The largest absolute Gasteiger partial charge is 0.489 e. The lowest BCUT2D eigenvalue weighted by atomic mass is 10.3. The van der Waals surface area contributed by atoms with Crippen LogP contribution in [0.2, 0.25) is 0 Å². The standard InChI is InChI=1S/C18H25FN4OS.HI/c1-5-20-18(23(4)11-16-12-25-14(3)22-16)21-10-13(2)24-17-8-6-7-15(19)9-17;/h6-9,12-13H,5,10-11H2,1-4H3,(H,20,21);1H. The first-order chi connectivity index (χ1) is 12.0. The van der Waals surface area contributed by atoms with Crippen molar-refractivity contribution in [1.29, 1.82) is 0 Å². The number of aryl methyl sites for hydroxylation is 1. The molecule has 2 aromatic rings. The summed E-state index contributed by atoms with van der Waals surface area (Å²) in [6.07, 6.45) is -0.162. The predicted octanol–water partition coefficient (Wildman–Crippen LogP) is 4.07. The SMILES string of the molecule is CCNC(=NCC(C)Oc1cccc(F)c1)N(C)Cc1csc(C)n1.I. The van der Waals surface area contributed by atoms with E-state index in [4.69, 9.17) is 4.74 Å². The van der Waals surface area contributed by atoms with Crippen molar-refractivity contribution < 1.29 is 9.13 Å². The summed E-state index contributed by atoms with van der Waals surface area (Å²) in [5.41, 5.74) is 1.03. The third kappa shape index (κ3) is 7.45. The molecule has 0 fully saturated rings. The fraction of sp³-hybridized carbons (Fsp3) is 0.444. The Morgan fingerprint density at radius 3 is 2.85 bits per heavy atom. The summed E-state index contributed by atoms with van der Waals surface area (Å²) in [6.45, 7) is 7.89. The van der Waals surface area contributed by atoms with Gasteiger partial charge in [0.2, 0.25) is 0 Å². The fourth-order valence-electron chi connectivity index (χ4n) is 2.29. The van der Waals surface area contributed by atoms with E-state index in [1.54, 1.807) is 23.5 Å². The Labute approximate surface area is 175 Å². The zero-order valence-electron chi connectivity index (χ0n) is 15.5. The number of nitrogens with one attached hydrogen (secondary N) is 1. The molecule has 2 rings (SSSR count). The van der Waals surface area contributed by atoms with E-state index in [0.717, 1.165) is 23.2 Å². The summed E-state index contributed by atoms with van der Waals surface area (Å²) < 4.78 is 18.9. The summed E-state index contributed by atoms with van der Waals surface area (Å²) in [7, 11) is 1.98. The average molecular weight is 492 g/mol. The third-order valence-corrected chi connectivity index (χ3v) is 4.22. The first-order valence-corrected chi connectivity index (χ1v) is 9.18. The van der Waals surface area contributed by atoms with Crippen molar-refractivity contribution in [3.8, 4) is 5.75 Å². The number of aromatic nitrogens is 1. The molecule has 0 spiro atoms. The smallest absolute Gasteiger partial charge is 0.194 e. The maximum Gasteiger partial charge on any atom is 0.194 e. The number of benzene rings is 1. The minimum atomic E-state index is -0.306. The van der Waals surface area contributed by atoms with Gasteiger partial charge in [0.25, 0.3) is 0 Å². The van der Waals surface area contributed by atoms with Gasteiger partial charge in [0.15, 0.2) is 5.96 Å². The van der Waals surface area contributed by atoms with E-state index in [2.05, 4.69) is 20.7 Å². The lowest BCUT2D eigenvalue weighted by Gasteiger charge is -2.22. The molecule has 1 aromatic heterocycles. The Morgan fingerprint density at radius 1 is 1.46 bits per heavy atom. The van der Waals surface area contributed by atoms with Gasteiger partial charge in [0, 0.05) is 25.0 Å². The molecule has 144 valence electrons. The topological polar surface area (TPSA) is 49.8 Å². The maximum atomic E-state index is 13.2. The van der Waals surface area contributed by atoms with Crippen molar-refractivity contribution in [2.75, 3.05) is 20.1 Å². The van der Waals surface area contributed by atoms with Crippen molar-refractivity contribution in [2.45, 2.75) is 33.4 Å². The maximum absolute atomic E-state index is 13.2. The minimum absolute atomic E-state index is 0. The van der Waals surface area contributed by atoms with Gasteiger partial charge in [0.1, 0.15) is 17.7 Å². The molecule has 0 radical (unpaired) electrons. The van der Waals surface area contributed by atoms with Crippen molar-refractivity contribution in [2.24, 2.45) is 4.99 Å². The lowest BCUT2D eigenvalue weighted by Crippen LogP contribution is -2.39. The molecule has 26 heavy (non-hydrogen) atoms. The summed E-state index contributed by atoms with van der Waals surface area (Å²) in [4.78, 5) is 11.1. The average Bonchev–Trinajstić information content (AvgIpc) is 2.96. The number of aliphatic imine (C=N–C) groups is 1. The number of hydrogen-bond donors (Lipinski definition) is 1. The quantitative estimate of drug-likeness (QED) is 0.360. The Kier molecular flexibility index (Phi) is 9.85. The first-order valence-electron chi connectivity index (χ1n) is 8.30. The zero-order chi connectivity index (χ0) is 18.2. The van der Waals surface area contributed by atoms with E-state index in [9.17, 15) is 4.39 Å². The van der Waals surface area contributed by atoms with Crippen LogP contribution in [0, 0.1) is 12.7 Å². The van der Waals surface area contributed by atoms with Gasteiger partial charge >= 0.3 is 0 Å². The minimum Gasteiger partial charge on any atom is -0.489 e.